The maximum absolute atomic E-state index is 12.1. The fraction of sp³-hybridized carbons (Fsp3) is 0.467. The van der Waals surface area contributed by atoms with Gasteiger partial charge in [0.05, 0.1) is 11.3 Å². The summed E-state index contributed by atoms with van der Waals surface area (Å²) in [5.74, 6) is -0.788. The fourth-order valence-electron chi connectivity index (χ4n) is 2.53. The van der Waals surface area contributed by atoms with Crippen LogP contribution in [0.4, 0.5) is 5.69 Å². The number of hydrogen-bond donors (Lipinski definition) is 3. The van der Waals surface area contributed by atoms with Crippen molar-refractivity contribution in [3.8, 4) is 5.75 Å². The van der Waals surface area contributed by atoms with E-state index in [0.29, 0.717) is 5.92 Å². The molecule has 108 valence electrons. The summed E-state index contributed by atoms with van der Waals surface area (Å²) in [6.45, 7) is 2.19. The number of carboxylic acid groups (broad SMARTS) is 1. The van der Waals surface area contributed by atoms with Crippen molar-refractivity contribution < 1.29 is 19.8 Å². The molecule has 1 saturated carbocycles. The molecule has 1 aromatic carbocycles. The fourth-order valence-corrected chi connectivity index (χ4v) is 2.53. The largest absolute Gasteiger partial charge is 0.506 e. The Morgan fingerprint density at radius 2 is 1.85 bits per heavy atom. The highest BCUT2D eigenvalue weighted by atomic mass is 16.4. The molecular weight excluding hydrogens is 258 g/mol. The second-order valence-corrected chi connectivity index (χ2v) is 5.48. The van der Waals surface area contributed by atoms with Gasteiger partial charge in [-0.15, -0.1) is 0 Å². The Hall–Kier alpha value is -2.04. The van der Waals surface area contributed by atoms with Gasteiger partial charge in [0.25, 0.3) is 0 Å². The first kappa shape index (κ1) is 14.4. The average molecular weight is 277 g/mol. The van der Waals surface area contributed by atoms with Gasteiger partial charge in [-0.2, -0.15) is 0 Å². The minimum atomic E-state index is -1.11. The SMILES string of the molecule is CC1CCC(C(=O)Nc2ccc(C(=O)O)cc2O)CC1. The van der Waals surface area contributed by atoms with Gasteiger partial charge in [0, 0.05) is 5.92 Å². The predicted octanol–water partition coefficient (Wildman–Crippen LogP) is 2.86. The lowest BCUT2D eigenvalue weighted by atomic mass is 9.82. The number of hydrogen-bond acceptors (Lipinski definition) is 3. The van der Waals surface area contributed by atoms with E-state index >= 15 is 0 Å². The van der Waals surface area contributed by atoms with Gasteiger partial charge >= 0.3 is 5.97 Å². The summed E-state index contributed by atoms with van der Waals surface area (Å²) in [5, 5.41) is 21.2. The monoisotopic (exact) mass is 277 g/mol. The van der Waals surface area contributed by atoms with Crippen LogP contribution in [0.25, 0.3) is 0 Å². The number of rotatable bonds is 3. The average Bonchev–Trinajstić information content (AvgIpc) is 2.41. The number of aromatic carboxylic acids is 1. The van der Waals surface area contributed by atoms with Crippen molar-refractivity contribution in [2.24, 2.45) is 11.8 Å². The van der Waals surface area contributed by atoms with Gasteiger partial charge in [0.2, 0.25) is 5.91 Å². The Morgan fingerprint density at radius 1 is 1.20 bits per heavy atom. The van der Waals surface area contributed by atoms with E-state index in [1.165, 1.54) is 12.1 Å². The molecule has 1 aliphatic rings. The van der Waals surface area contributed by atoms with Gasteiger partial charge in [-0.25, -0.2) is 4.79 Å². The second kappa shape index (κ2) is 5.94. The van der Waals surface area contributed by atoms with Crippen LogP contribution in [0.5, 0.6) is 5.75 Å². The zero-order chi connectivity index (χ0) is 14.7. The summed E-state index contributed by atoms with van der Waals surface area (Å²) in [6.07, 6.45) is 3.81. The zero-order valence-corrected chi connectivity index (χ0v) is 11.4. The van der Waals surface area contributed by atoms with Crippen LogP contribution >= 0.6 is 0 Å². The number of phenols is 1. The topological polar surface area (TPSA) is 86.6 Å². The number of benzene rings is 1. The Balaban J connectivity index is 2.02. The van der Waals surface area contributed by atoms with E-state index in [2.05, 4.69) is 12.2 Å². The summed E-state index contributed by atoms with van der Waals surface area (Å²) in [5.41, 5.74) is 0.255. The minimum absolute atomic E-state index is 0.00742. The number of anilines is 1. The van der Waals surface area contributed by atoms with Crippen LogP contribution in [0.15, 0.2) is 18.2 Å². The van der Waals surface area contributed by atoms with Crippen LogP contribution < -0.4 is 5.32 Å². The first-order valence-corrected chi connectivity index (χ1v) is 6.84. The van der Waals surface area contributed by atoms with Crippen molar-refractivity contribution in [1.82, 2.24) is 0 Å². The third kappa shape index (κ3) is 3.29. The lowest BCUT2D eigenvalue weighted by Crippen LogP contribution is -2.26. The van der Waals surface area contributed by atoms with E-state index in [1.54, 1.807) is 0 Å². The lowest BCUT2D eigenvalue weighted by Gasteiger charge is -2.25. The molecule has 1 aliphatic carbocycles. The standard InChI is InChI=1S/C15H19NO4/c1-9-2-4-10(5-3-9)14(18)16-12-7-6-11(15(19)20)8-13(12)17/h6-10,17H,2-5H2,1H3,(H,16,18)(H,19,20). The van der Waals surface area contributed by atoms with Gasteiger partial charge < -0.3 is 15.5 Å². The maximum Gasteiger partial charge on any atom is 0.335 e. The third-order valence-corrected chi connectivity index (χ3v) is 3.89. The van der Waals surface area contributed by atoms with Gasteiger partial charge in [-0.1, -0.05) is 6.92 Å². The van der Waals surface area contributed by atoms with Crippen molar-refractivity contribution in [1.29, 1.82) is 0 Å². The number of amides is 1. The molecule has 0 unspecified atom stereocenters. The molecule has 1 fully saturated rings. The maximum atomic E-state index is 12.1. The molecule has 0 radical (unpaired) electrons. The molecule has 0 aliphatic heterocycles. The summed E-state index contributed by atoms with van der Waals surface area (Å²) >= 11 is 0. The molecule has 1 aromatic rings. The van der Waals surface area contributed by atoms with Gasteiger partial charge in [-0.05, 0) is 49.8 Å². The molecule has 20 heavy (non-hydrogen) atoms. The van der Waals surface area contributed by atoms with Crippen LogP contribution in [0.2, 0.25) is 0 Å². The highest BCUT2D eigenvalue weighted by molar-refractivity contribution is 5.95. The number of nitrogens with one attached hydrogen (secondary N) is 1. The number of carbonyl (C=O) groups excluding carboxylic acids is 1. The summed E-state index contributed by atoms with van der Waals surface area (Å²) < 4.78 is 0. The van der Waals surface area contributed by atoms with E-state index in [1.807, 2.05) is 0 Å². The molecule has 1 amide bonds. The number of phenolic OH excluding ortho intramolecular Hbond substituents is 1. The van der Waals surface area contributed by atoms with Crippen LogP contribution in [0.1, 0.15) is 43.0 Å². The Kier molecular flexibility index (Phi) is 4.27. The number of carbonyl (C=O) groups is 2. The first-order chi connectivity index (χ1) is 9.47. The normalized spacial score (nSPS) is 22.2. The molecule has 0 aromatic heterocycles. The van der Waals surface area contributed by atoms with E-state index in [9.17, 15) is 14.7 Å². The Morgan fingerprint density at radius 3 is 2.40 bits per heavy atom. The van der Waals surface area contributed by atoms with Crippen molar-refractivity contribution in [2.75, 3.05) is 5.32 Å². The Labute approximate surface area is 117 Å². The van der Waals surface area contributed by atoms with Crippen molar-refractivity contribution >= 4 is 17.6 Å². The van der Waals surface area contributed by atoms with Gasteiger partial charge in [0.1, 0.15) is 5.75 Å². The van der Waals surface area contributed by atoms with Crippen molar-refractivity contribution in [2.45, 2.75) is 32.6 Å². The molecule has 5 nitrogen and oxygen atoms in total. The van der Waals surface area contributed by atoms with E-state index in [-0.39, 0.29) is 28.8 Å². The van der Waals surface area contributed by atoms with Crippen molar-refractivity contribution in [3.63, 3.8) is 0 Å². The molecular formula is C15H19NO4. The molecule has 0 heterocycles. The van der Waals surface area contributed by atoms with Gasteiger partial charge in [0.15, 0.2) is 0 Å². The number of aromatic hydroxyl groups is 1. The molecule has 5 heteroatoms. The smallest absolute Gasteiger partial charge is 0.335 e. The number of carboxylic acids is 1. The first-order valence-electron chi connectivity index (χ1n) is 6.84. The molecule has 0 bridgehead atoms. The van der Waals surface area contributed by atoms with Crippen LogP contribution in [0, 0.1) is 11.8 Å². The third-order valence-electron chi connectivity index (χ3n) is 3.89. The van der Waals surface area contributed by atoms with Crippen LogP contribution in [0.3, 0.4) is 0 Å². The summed E-state index contributed by atoms with van der Waals surface area (Å²) in [7, 11) is 0. The minimum Gasteiger partial charge on any atom is -0.506 e. The molecule has 0 atom stereocenters. The highest BCUT2D eigenvalue weighted by Gasteiger charge is 2.24. The lowest BCUT2D eigenvalue weighted by molar-refractivity contribution is -0.121. The van der Waals surface area contributed by atoms with Crippen LogP contribution in [-0.4, -0.2) is 22.1 Å². The summed E-state index contributed by atoms with van der Waals surface area (Å²) in [4.78, 5) is 22.9. The Bertz CT molecular complexity index is 519. The molecule has 3 N–H and O–H groups in total. The second-order valence-electron chi connectivity index (χ2n) is 5.48. The zero-order valence-electron chi connectivity index (χ0n) is 11.4. The van der Waals surface area contributed by atoms with E-state index in [4.69, 9.17) is 5.11 Å². The molecule has 2 rings (SSSR count). The van der Waals surface area contributed by atoms with E-state index in [0.717, 1.165) is 31.7 Å². The molecule has 0 spiro atoms. The predicted molar refractivity (Wildman–Crippen MR) is 74.8 cm³/mol. The highest BCUT2D eigenvalue weighted by Crippen LogP contribution is 2.30. The summed E-state index contributed by atoms with van der Waals surface area (Å²) in [6, 6.07) is 3.92. The quantitative estimate of drug-likeness (QED) is 0.741. The van der Waals surface area contributed by atoms with Crippen LogP contribution in [-0.2, 0) is 4.79 Å². The van der Waals surface area contributed by atoms with Gasteiger partial charge in [-0.3, -0.25) is 4.79 Å². The molecule has 0 saturated heterocycles. The van der Waals surface area contributed by atoms with E-state index < -0.39 is 5.97 Å². The van der Waals surface area contributed by atoms with Crippen molar-refractivity contribution in [3.05, 3.63) is 23.8 Å².